The van der Waals surface area contributed by atoms with Crippen LogP contribution in [0.3, 0.4) is 0 Å². The predicted octanol–water partition coefficient (Wildman–Crippen LogP) is 4.46. The number of aliphatic imine (C=N–C) groups is 1. The van der Waals surface area contributed by atoms with Gasteiger partial charge in [-0.05, 0) is 18.2 Å². The maximum Gasteiger partial charge on any atom is 0.417 e. The number of nitrogens with one attached hydrogen (secondary N) is 2. The van der Waals surface area contributed by atoms with E-state index in [2.05, 4.69) is 20.6 Å². The molecule has 0 atom stereocenters. The molecule has 0 radical (unpaired) electrons. The Hall–Kier alpha value is -2.15. The molecule has 30 heavy (non-hydrogen) atoms. The van der Waals surface area contributed by atoms with Crippen molar-refractivity contribution in [1.82, 2.24) is 10.3 Å². The molecule has 0 spiro atoms. The van der Waals surface area contributed by atoms with Crippen molar-refractivity contribution in [2.75, 3.05) is 39.7 Å². The minimum absolute atomic E-state index is 0. The van der Waals surface area contributed by atoms with Gasteiger partial charge in [-0.3, -0.25) is 4.99 Å². The van der Waals surface area contributed by atoms with Crippen LogP contribution < -0.4 is 24.8 Å². The number of alkyl halides is 3. The van der Waals surface area contributed by atoms with Crippen molar-refractivity contribution < 1.29 is 27.4 Å². The van der Waals surface area contributed by atoms with Gasteiger partial charge in [0.1, 0.15) is 11.6 Å². The Balaban J connectivity index is 0.00000450. The van der Waals surface area contributed by atoms with Gasteiger partial charge < -0.3 is 24.8 Å². The van der Waals surface area contributed by atoms with Crippen LogP contribution in [0.1, 0.15) is 5.56 Å². The van der Waals surface area contributed by atoms with E-state index >= 15 is 0 Å². The maximum atomic E-state index is 12.6. The lowest BCUT2D eigenvalue weighted by Gasteiger charge is -2.14. The average Bonchev–Trinajstić information content (AvgIpc) is 2.70. The monoisotopic (exact) mass is 560 g/mol. The fourth-order valence-corrected chi connectivity index (χ4v) is 2.45. The number of nitrogens with zero attached hydrogens (tertiary/aromatic N) is 2. The summed E-state index contributed by atoms with van der Waals surface area (Å²) in [6, 6.07) is 6.05. The number of rotatable bonds is 7. The summed E-state index contributed by atoms with van der Waals surface area (Å²) < 4.78 is 53.6. The van der Waals surface area contributed by atoms with Crippen molar-refractivity contribution in [1.29, 1.82) is 0 Å². The van der Waals surface area contributed by atoms with Crippen LogP contribution in [0.2, 0.25) is 5.02 Å². The summed E-state index contributed by atoms with van der Waals surface area (Å²) >= 11 is 5.80. The number of hydrogen-bond acceptors (Lipinski definition) is 5. The molecule has 12 heteroatoms. The van der Waals surface area contributed by atoms with Gasteiger partial charge in [0.05, 0.1) is 26.3 Å². The van der Waals surface area contributed by atoms with Crippen LogP contribution >= 0.6 is 35.6 Å². The lowest BCUT2D eigenvalue weighted by Crippen LogP contribution is -2.33. The topological polar surface area (TPSA) is 77.0 Å². The highest BCUT2D eigenvalue weighted by Crippen LogP contribution is 2.33. The number of benzene rings is 1. The Morgan fingerprint density at radius 3 is 2.43 bits per heavy atom. The number of pyridine rings is 1. The van der Waals surface area contributed by atoms with E-state index in [1.54, 1.807) is 32.4 Å². The SMILES string of the molecule is CN=C(NCCOc1ncc(C(F)(F)F)cc1Cl)Nc1ccc(OC)c(OC)c1.I. The molecule has 7 nitrogen and oxygen atoms in total. The summed E-state index contributed by atoms with van der Waals surface area (Å²) in [5.41, 5.74) is -0.225. The zero-order valence-corrected chi connectivity index (χ0v) is 19.4. The molecule has 0 unspecified atom stereocenters. The highest BCUT2D eigenvalue weighted by atomic mass is 127. The number of hydrogen-bond donors (Lipinski definition) is 2. The molecule has 0 bridgehead atoms. The standard InChI is InChI=1S/C18H20ClF3N4O3.HI/c1-23-17(26-12-4-5-14(27-2)15(9-12)28-3)24-6-7-29-16-13(19)8-11(10-25-16)18(20,21)22;/h4-5,8-10H,6-7H2,1-3H3,(H2,23,24,26);1H. The molecule has 0 aliphatic heterocycles. The van der Waals surface area contributed by atoms with Crippen molar-refractivity contribution in [3.05, 3.63) is 41.0 Å². The van der Waals surface area contributed by atoms with E-state index in [4.69, 9.17) is 25.8 Å². The third kappa shape index (κ3) is 7.27. The van der Waals surface area contributed by atoms with Crippen LogP contribution in [0.15, 0.2) is 35.5 Å². The lowest BCUT2D eigenvalue weighted by atomic mass is 10.3. The molecule has 0 aliphatic rings. The molecular weight excluding hydrogens is 540 g/mol. The van der Waals surface area contributed by atoms with Crippen molar-refractivity contribution in [3.63, 3.8) is 0 Å². The Kier molecular flexibility index (Phi) is 10.3. The molecule has 166 valence electrons. The summed E-state index contributed by atoms with van der Waals surface area (Å²) in [6.45, 7) is 0.400. The quantitative estimate of drug-likeness (QED) is 0.226. The molecular formula is C18H21ClF3IN4O3. The summed E-state index contributed by atoms with van der Waals surface area (Å²) in [6.07, 6.45) is -3.84. The van der Waals surface area contributed by atoms with Gasteiger partial charge in [-0.1, -0.05) is 11.6 Å². The Labute approximate surface area is 194 Å². The molecule has 1 aromatic heterocycles. The number of anilines is 1. The van der Waals surface area contributed by atoms with E-state index in [9.17, 15) is 13.2 Å². The van der Waals surface area contributed by atoms with E-state index in [1.807, 2.05) is 0 Å². The normalized spacial score (nSPS) is 11.4. The lowest BCUT2D eigenvalue weighted by molar-refractivity contribution is -0.137. The van der Waals surface area contributed by atoms with Crippen LogP contribution in [0.25, 0.3) is 0 Å². The Morgan fingerprint density at radius 2 is 1.87 bits per heavy atom. The molecule has 2 N–H and O–H groups in total. The molecule has 0 saturated carbocycles. The van der Waals surface area contributed by atoms with Crippen LogP contribution in [-0.2, 0) is 6.18 Å². The number of methoxy groups -OCH3 is 2. The molecule has 0 fully saturated rings. The summed E-state index contributed by atoms with van der Waals surface area (Å²) in [5, 5.41) is 5.86. The molecule has 0 saturated heterocycles. The van der Waals surface area contributed by atoms with Crippen LogP contribution in [-0.4, -0.2) is 45.4 Å². The maximum absolute atomic E-state index is 12.6. The molecule has 0 aliphatic carbocycles. The molecule has 0 amide bonds. The van der Waals surface area contributed by atoms with Crippen molar-refractivity contribution in [2.45, 2.75) is 6.18 Å². The van der Waals surface area contributed by atoms with E-state index in [0.29, 0.717) is 35.9 Å². The highest BCUT2D eigenvalue weighted by molar-refractivity contribution is 14.0. The van der Waals surface area contributed by atoms with Crippen molar-refractivity contribution in [3.8, 4) is 17.4 Å². The van der Waals surface area contributed by atoms with Gasteiger partial charge in [0.2, 0.25) is 5.88 Å². The van der Waals surface area contributed by atoms with E-state index < -0.39 is 11.7 Å². The number of aromatic nitrogens is 1. The second kappa shape index (κ2) is 11.9. The third-order valence-electron chi connectivity index (χ3n) is 3.64. The van der Waals surface area contributed by atoms with Gasteiger partial charge in [-0.15, -0.1) is 24.0 Å². The fraction of sp³-hybridized carbons (Fsp3) is 0.333. The number of guanidine groups is 1. The number of halogens is 5. The fourth-order valence-electron chi connectivity index (χ4n) is 2.23. The first-order chi connectivity index (χ1) is 13.8. The highest BCUT2D eigenvalue weighted by Gasteiger charge is 2.31. The second-order valence-corrected chi connectivity index (χ2v) is 5.96. The van der Waals surface area contributed by atoms with Gasteiger partial charge in [0, 0.05) is 25.0 Å². The Morgan fingerprint density at radius 1 is 1.17 bits per heavy atom. The average molecular weight is 561 g/mol. The number of ether oxygens (including phenoxy) is 3. The molecule has 1 aromatic carbocycles. The first kappa shape index (κ1) is 25.9. The van der Waals surface area contributed by atoms with Crippen molar-refractivity contribution >= 4 is 47.2 Å². The first-order valence-corrected chi connectivity index (χ1v) is 8.71. The second-order valence-electron chi connectivity index (χ2n) is 5.55. The predicted molar refractivity (Wildman–Crippen MR) is 120 cm³/mol. The van der Waals surface area contributed by atoms with Crippen LogP contribution in [0, 0.1) is 0 Å². The van der Waals surface area contributed by atoms with Crippen LogP contribution in [0.5, 0.6) is 17.4 Å². The third-order valence-corrected chi connectivity index (χ3v) is 3.91. The largest absolute Gasteiger partial charge is 0.493 e. The summed E-state index contributed by atoms with van der Waals surface area (Å²) in [4.78, 5) is 7.69. The zero-order valence-electron chi connectivity index (χ0n) is 16.3. The van der Waals surface area contributed by atoms with E-state index in [1.165, 1.54) is 7.11 Å². The van der Waals surface area contributed by atoms with Gasteiger partial charge >= 0.3 is 6.18 Å². The van der Waals surface area contributed by atoms with Gasteiger partial charge in [-0.25, -0.2) is 4.98 Å². The van der Waals surface area contributed by atoms with Crippen LogP contribution in [0.4, 0.5) is 18.9 Å². The van der Waals surface area contributed by atoms with E-state index in [0.717, 1.165) is 6.07 Å². The van der Waals surface area contributed by atoms with Gasteiger partial charge in [0.25, 0.3) is 0 Å². The zero-order chi connectivity index (χ0) is 21.4. The molecule has 2 aromatic rings. The first-order valence-electron chi connectivity index (χ1n) is 8.33. The Bertz CT molecular complexity index is 869. The molecule has 1 heterocycles. The summed E-state index contributed by atoms with van der Waals surface area (Å²) in [7, 11) is 4.67. The molecule has 2 rings (SSSR count). The smallest absolute Gasteiger partial charge is 0.417 e. The summed E-state index contributed by atoms with van der Waals surface area (Å²) in [5.74, 6) is 1.52. The van der Waals surface area contributed by atoms with Gasteiger partial charge in [-0.2, -0.15) is 13.2 Å². The van der Waals surface area contributed by atoms with E-state index in [-0.39, 0.29) is 41.5 Å². The minimum Gasteiger partial charge on any atom is -0.493 e. The van der Waals surface area contributed by atoms with Crippen molar-refractivity contribution in [2.24, 2.45) is 4.99 Å². The minimum atomic E-state index is -4.51. The van der Waals surface area contributed by atoms with Gasteiger partial charge in [0.15, 0.2) is 17.5 Å².